The van der Waals surface area contributed by atoms with Crippen LogP contribution in [-0.4, -0.2) is 44.8 Å². The largest absolute Gasteiger partial charge is 0.496 e. The van der Waals surface area contributed by atoms with Crippen LogP contribution in [0.1, 0.15) is 35.2 Å². The third kappa shape index (κ3) is 4.51. The van der Waals surface area contributed by atoms with E-state index >= 15 is 0 Å². The summed E-state index contributed by atoms with van der Waals surface area (Å²) in [6.45, 7) is 1.91. The van der Waals surface area contributed by atoms with Crippen LogP contribution in [-0.2, 0) is 14.9 Å². The molecule has 8 nitrogen and oxygen atoms in total. The molecule has 1 atom stereocenters. The van der Waals surface area contributed by atoms with Crippen molar-refractivity contribution in [1.29, 1.82) is 0 Å². The van der Waals surface area contributed by atoms with Crippen LogP contribution in [0.2, 0.25) is 0 Å². The number of benzene rings is 2. The summed E-state index contributed by atoms with van der Waals surface area (Å²) in [5.41, 5.74) is 1.51. The number of carbonyl (C=O) groups is 2. The highest BCUT2D eigenvalue weighted by atomic mass is 32.2. The Kier molecular flexibility index (Phi) is 5.78. The normalized spacial score (nSPS) is 16.7. The van der Waals surface area contributed by atoms with Crippen LogP contribution in [0.15, 0.2) is 42.5 Å². The number of hydrogen-bond donors (Lipinski definition) is 1. The number of nitrogens with zero attached hydrogens (tertiary/aromatic N) is 1. The maximum absolute atomic E-state index is 12.5. The summed E-state index contributed by atoms with van der Waals surface area (Å²) in [6.07, 6.45) is 0.276. The first-order chi connectivity index (χ1) is 13.7. The number of aromatic carboxylic acids is 1. The molecular formula is C20H21NO7S. The third-order valence-corrected chi connectivity index (χ3v) is 5.93. The summed E-state index contributed by atoms with van der Waals surface area (Å²) in [5.74, 6) is -0.968. The molecule has 1 amide bonds. The smallest absolute Gasteiger partial charge is 0.339 e. The summed E-state index contributed by atoms with van der Waals surface area (Å²) in [7, 11) is -2.21. The summed E-state index contributed by atoms with van der Waals surface area (Å²) < 4.78 is 33.2. The van der Waals surface area contributed by atoms with Crippen LogP contribution in [0.4, 0.5) is 5.69 Å². The van der Waals surface area contributed by atoms with Gasteiger partial charge in [-0.05, 0) is 48.9 Å². The topological polar surface area (TPSA) is 110 Å². The number of amides is 1. The first-order valence-corrected chi connectivity index (χ1v) is 10.6. The van der Waals surface area contributed by atoms with Crippen molar-refractivity contribution in [2.24, 2.45) is 0 Å². The van der Waals surface area contributed by atoms with Gasteiger partial charge in [0.15, 0.2) is 0 Å². The molecule has 0 aromatic heterocycles. The van der Waals surface area contributed by atoms with Gasteiger partial charge < -0.3 is 18.9 Å². The second-order valence-electron chi connectivity index (χ2n) is 6.59. The number of carboxylic acid groups (broad SMARTS) is 1. The number of ether oxygens (including phenoxy) is 1. The van der Waals surface area contributed by atoms with E-state index in [2.05, 4.69) is 0 Å². The minimum absolute atomic E-state index is 0.0649. The highest BCUT2D eigenvalue weighted by molar-refractivity contribution is 7.87. The molecule has 0 bridgehead atoms. The molecule has 1 heterocycles. The number of rotatable bonds is 7. The molecule has 2 aromatic rings. The monoisotopic (exact) mass is 419 g/mol. The van der Waals surface area contributed by atoms with E-state index in [1.807, 2.05) is 0 Å². The van der Waals surface area contributed by atoms with E-state index in [0.29, 0.717) is 12.2 Å². The van der Waals surface area contributed by atoms with Crippen molar-refractivity contribution in [3.05, 3.63) is 53.6 Å². The first-order valence-electron chi connectivity index (χ1n) is 8.98. The number of methoxy groups -OCH3 is 1. The average Bonchev–Trinajstić information content (AvgIpc) is 3.09. The molecule has 1 fully saturated rings. The zero-order chi connectivity index (χ0) is 21.2. The van der Waals surface area contributed by atoms with Crippen LogP contribution in [0, 0.1) is 0 Å². The lowest BCUT2D eigenvalue weighted by Gasteiger charge is -2.18. The number of carboxylic acids is 1. The molecule has 29 heavy (non-hydrogen) atoms. The fourth-order valence-corrected chi connectivity index (χ4v) is 3.73. The van der Waals surface area contributed by atoms with E-state index in [4.69, 9.17) is 8.92 Å². The fourth-order valence-electron chi connectivity index (χ4n) is 3.21. The summed E-state index contributed by atoms with van der Waals surface area (Å²) in [6, 6.07) is 11.1. The highest BCUT2D eigenvalue weighted by Crippen LogP contribution is 2.34. The van der Waals surface area contributed by atoms with Crippen molar-refractivity contribution in [1.82, 2.24) is 0 Å². The molecule has 2 aromatic carbocycles. The molecule has 9 heteroatoms. The van der Waals surface area contributed by atoms with Gasteiger partial charge in [0.25, 0.3) is 0 Å². The Bertz CT molecular complexity index is 1030. The van der Waals surface area contributed by atoms with Crippen LogP contribution in [0.3, 0.4) is 0 Å². The Morgan fingerprint density at radius 3 is 2.48 bits per heavy atom. The highest BCUT2D eigenvalue weighted by Gasteiger charge is 2.32. The van der Waals surface area contributed by atoms with Gasteiger partial charge in [-0.1, -0.05) is 6.07 Å². The predicted octanol–water partition coefficient (Wildman–Crippen LogP) is 2.64. The summed E-state index contributed by atoms with van der Waals surface area (Å²) >= 11 is 0. The standard InChI is InChI=1S/C20H21NO7S/c1-3-29(25,26)28-16-7-5-15(6-8-16)21-12-14(11-19(21)22)13-4-9-17(20(23)24)18(10-13)27-2/h4-10,14H,3,11-12H2,1-2H3,(H,23,24). The molecule has 0 aliphatic carbocycles. The van der Waals surface area contributed by atoms with Crippen LogP contribution < -0.4 is 13.8 Å². The second kappa shape index (κ2) is 8.12. The Morgan fingerprint density at radius 1 is 1.21 bits per heavy atom. The van der Waals surface area contributed by atoms with Crippen LogP contribution in [0.5, 0.6) is 11.5 Å². The number of hydrogen-bond acceptors (Lipinski definition) is 6. The molecular weight excluding hydrogens is 398 g/mol. The van der Waals surface area contributed by atoms with Gasteiger partial charge in [-0.15, -0.1) is 0 Å². The second-order valence-corrected chi connectivity index (χ2v) is 8.45. The van der Waals surface area contributed by atoms with E-state index in [1.165, 1.54) is 32.2 Å². The van der Waals surface area contributed by atoms with Gasteiger partial charge in [0.2, 0.25) is 5.91 Å². The van der Waals surface area contributed by atoms with Gasteiger partial charge in [0.1, 0.15) is 17.1 Å². The molecule has 1 aliphatic heterocycles. The van der Waals surface area contributed by atoms with E-state index in [1.54, 1.807) is 29.2 Å². The fraction of sp³-hybridized carbons (Fsp3) is 0.300. The van der Waals surface area contributed by atoms with Crippen LogP contribution >= 0.6 is 0 Å². The van der Waals surface area contributed by atoms with E-state index in [-0.39, 0.29) is 41.1 Å². The molecule has 1 aliphatic rings. The van der Waals surface area contributed by atoms with Gasteiger partial charge in [-0.25, -0.2) is 4.79 Å². The molecule has 154 valence electrons. The zero-order valence-electron chi connectivity index (χ0n) is 16.0. The van der Waals surface area contributed by atoms with Crippen molar-refractivity contribution in [2.75, 3.05) is 24.3 Å². The van der Waals surface area contributed by atoms with E-state index in [9.17, 15) is 23.1 Å². The van der Waals surface area contributed by atoms with Crippen molar-refractivity contribution < 1.29 is 32.0 Å². The molecule has 0 radical (unpaired) electrons. The quantitative estimate of drug-likeness (QED) is 0.687. The molecule has 1 unspecified atom stereocenters. The average molecular weight is 419 g/mol. The van der Waals surface area contributed by atoms with Crippen molar-refractivity contribution in [3.63, 3.8) is 0 Å². The molecule has 1 N–H and O–H groups in total. The Labute approximate surface area is 168 Å². The predicted molar refractivity (Wildman–Crippen MR) is 106 cm³/mol. The molecule has 1 saturated heterocycles. The molecule has 0 spiro atoms. The van der Waals surface area contributed by atoms with E-state index in [0.717, 1.165) is 5.56 Å². The minimum Gasteiger partial charge on any atom is -0.496 e. The lowest BCUT2D eigenvalue weighted by Crippen LogP contribution is -2.24. The molecule has 3 rings (SSSR count). The van der Waals surface area contributed by atoms with E-state index < -0.39 is 16.1 Å². The van der Waals surface area contributed by atoms with Gasteiger partial charge in [-0.3, -0.25) is 4.79 Å². The van der Waals surface area contributed by atoms with Crippen molar-refractivity contribution >= 4 is 27.7 Å². The Morgan fingerprint density at radius 2 is 1.90 bits per heavy atom. The SMILES string of the molecule is CCS(=O)(=O)Oc1ccc(N2CC(c3ccc(C(=O)O)c(OC)c3)CC2=O)cc1. The Hall–Kier alpha value is -3.07. The van der Waals surface area contributed by atoms with Gasteiger partial charge in [0, 0.05) is 24.6 Å². The van der Waals surface area contributed by atoms with Gasteiger partial charge in [-0.2, -0.15) is 8.42 Å². The zero-order valence-corrected chi connectivity index (χ0v) is 16.8. The van der Waals surface area contributed by atoms with Gasteiger partial charge in [0.05, 0.1) is 12.9 Å². The summed E-state index contributed by atoms with van der Waals surface area (Å²) in [5, 5.41) is 9.20. The van der Waals surface area contributed by atoms with Gasteiger partial charge >= 0.3 is 16.1 Å². The lowest BCUT2D eigenvalue weighted by atomic mass is 9.96. The third-order valence-electron chi connectivity index (χ3n) is 4.78. The first kappa shape index (κ1) is 20.7. The Balaban J connectivity index is 1.78. The minimum atomic E-state index is -3.61. The maximum atomic E-state index is 12.5. The lowest BCUT2D eigenvalue weighted by molar-refractivity contribution is -0.117. The number of carbonyl (C=O) groups excluding carboxylic acids is 1. The van der Waals surface area contributed by atoms with Crippen molar-refractivity contribution in [2.45, 2.75) is 19.3 Å². The van der Waals surface area contributed by atoms with Crippen LogP contribution in [0.25, 0.3) is 0 Å². The summed E-state index contributed by atoms with van der Waals surface area (Å²) in [4.78, 5) is 25.4. The van der Waals surface area contributed by atoms with Crippen molar-refractivity contribution in [3.8, 4) is 11.5 Å². The number of anilines is 1. The maximum Gasteiger partial charge on any atom is 0.339 e. The molecule has 0 saturated carbocycles.